The summed E-state index contributed by atoms with van der Waals surface area (Å²) in [5.74, 6) is 0.509. The van der Waals surface area contributed by atoms with E-state index in [1.807, 2.05) is 26.0 Å². The van der Waals surface area contributed by atoms with Gasteiger partial charge in [-0.1, -0.05) is 28.9 Å². The van der Waals surface area contributed by atoms with E-state index in [1.165, 1.54) is 11.6 Å². The normalized spacial score (nSPS) is 17.0. The summed E-state index contributed by atoms with van der Waals surface area (Å²) in [5, 5.41) is 4.10. The number of nitrogens with zero attached hydrogens (tertiary/aromatic N) is 3. The molecule has 1 aromatic heterocycles. The third kappa shape index (κ3) is 3.23. The number of aryl methyl sites for hydroxylation is 3. The number of anilines is 1. The van der Waals surface area contributed by atoms with Crippen LogP contribution >= 0.6 is 0 Å². The largest absolute Gasteiger partial charge is 0.339 e. The van der Waals surface area contributed by atoms with Crippen molar-refractivity contribution in [3.05, 3.63) is 64.8 Å². The summed E-state index contributed by atoms with van der Waals surface area (Å²) in [5.41, 5.74) is 4.37. The molecule has 2 heterocycles. The van der Waals surface area contributed by atoms with Crippen molar-refractivity contribution in [3.8, 4) is 11.4 Å². The van der Waals surface area contributed by atoms with Gasteiger partial charge in [-0.25, -0.2) is 4.39 Å². The van der Waals surface area contributed by atoms with Crippen LogP contribution in [0.4, 0.5) is 10.1 Å². The number of carbonyl (C=O) groups excluding carboxylic acids is 1. The smallest absolute Gasteiger partial charge is 0.232 e. The Balaban J connectivity index is 1.57. The average molecular weight is 365 g/mol. The summed E-state index contributed by atoms with van der Waals surface area (Å²) in [7, 11) is 0. The highest BCUT2D eigenvalue weighted by Gasteiger charge is 2.35. The Hall–Kier alpha value is -3.02. The van der Waals surface area contributed by atoms with Crippen LogP contribution in [0.25, 0.3) is 11.4 Å². The van der Waals surface area contributed by atoms with E-state index in [1.54, 1.807) is 24.0 Å². The fraction of sp³-hybridized carbons (Fsp3) is 0.286. The molecule has 1 aliphatic rings. The summed E-state index contributed by atoms with van der Waals surface area (Å²) in [4.78, 5) is 18.6. The van der Waals surface area contributed by atoms with Gasteiger partial charge in [0.1, 0.15) is 5.82 Å². The van der Waals surface area contributed by atoms with Crippen LogP contribution in [0.1, 0.15) is 34.9 Å². The third-order valence-corrected chi connectivity index (χ3v) is 4.99. The molecule has 1 atom stereocenters. The van der Waals surface area contributed by atoms with Crippen molar-refractivity contribution in [1.29, 1.82) is 0 Å². The standard InChI is InChI=1S/C21H20FN3O2/c1-12-4-6-17(13(2)8-12)20-23-21(27-24-20)15-10-19(26)25(11-15)16-5-7-18(22)14(3)9-16/h4-9,15H,10-11H2,1-3H3. The minimum absolute atomic E-state index is 0.0303. The molecule has 1 amide bonds. The maximum absolute atomic E-state index is 13.5. The molecule has 27 heavy (non-hydrogen) atoms. The van der Waals surface area contributed by atoms with Gasteiger partial charge in [-0.15, -0.1) is 0 Å². The molecule has 1 fully saturated rings. The molecule has 138 valence electrons. The first-order valence-electron chi connectivity index (χ1n) is 8.90. The van der Waals surface area contributed by atoms with Gasteiger partial charge in [0.15, 0.2) is 0 Å². The first-order chi connectivity index (χ1) is 12.9. The van der Waals surface area contributed by atoms with Crippen LogP contribution in [0, 0.1) is 26.6 Å². The predicted molar refractivity (Wildman–Crippen MR) is 100 cm³/mol. The van der Waals surface area contributed by atoms with Crippen molar-refractivity contribution in [2.75, 3.05) is 11.4 Å². The quantitative estimate of drug-likeness (QED) is 0.693. The van der Waals surface area contributed by atoms with Crippen molar-refractivity contribution in [3.63, 3.8) is 0 Å². The lowest BCUT2D eigenvalue weighted by Crippen LogP contribution is -2.24. The van der Waals surface area contributed by atoms with E-state index in [0.29, 0.717) is 35.9 Å². The molecule has 0 aliphatic carbocycles. The van der Waals surface area contributed by atoms with Crippen LogP contribution in [0.2, 0.25) is 0 Å². The Kier molecular flexibility index (Phi) is 4.26. The van der Waals surface area contributed by atoms with Gasteiger partial charge in [0.2, 0.25) is 17.6 Å². The zero-order valence-corrected chi connectivity index (χ0v) is 15.5. The summed E-state index contributed by atoms with van der Waals surface area (Å²) in [6.07, 6.45) is 0.297. The van der Waals surface area contributed by atoms with E-state index in [4.69, 9.17) is 4.52 Å². The predicted octanol–water partition coefficient (Wildman–Crippen LogP) is 4.32. The highest BCUT2D eigenvalue weighted by atomic mass is 19.1. The Bertz CT molecular complexity index is 1030. The van der Waals surface area contributed by atoms with Gasteiger partial charge in [-0.2, -0.15) is 4.98 Å². The number of halogens is 1. The number of aromatic nitrogens is 2. The van der Waals surface area contributed by atoms with Crippen LogP contribution in [0.5, 0.6) is 0 Å². The second-order valence-electron chi connectivity index (χ2n) is 7.11. The molecular formula is C21H20FN3O2. The van der Waals surface area contributed by atoms with Crippen LogP contribution in [0.15, 0.2) is 40.9 Å². The third-order valence-electron chi connectivity index (χ3n) is 4.99. The number of amides is 1. The van der Waals surface area contributed by atoms with Crippen LogP contribution in [0.3, 0.4) is 0 Å². The number of hydrogen-bond donors (Lipinski definition) is 0. The second-order valence-corrected chi connectivity index (χ2v) is 7.11. The Morgan fingerprint density at radius 1 is 1.11 bits per heavy atom. The molecule has 1 saturated heterocycles. The summed E-state index contributed by atoms with van der Waals surface area (Å²) in [6, 6.07) is 10.8. The topological polar surface area (TPSA) is 59.2 Å². The molecule has 1 aliphatic heterocycles. The Labute approximate surface area is 156 Å². The van der Waals surface area contributed by atoms with E-state index >= 15 is 0 Å². The summed E-state index contributed by atoms with van der Waals surface area (Å²) >= 11 is 0. The minimum Gasteiger partial charge on any atom is -0.339 e. The van der Waals surface area contributed by atoms with E-state index in [-0.39, 0.29) is 17.6 Å². The van der Waals surface area contributed by atoms with Gasteiger partial charge < -0.3 is 9.42 Å². The van der Waals surface area contributed by atoms with E-state index in [2.05, 4.69) is 16.2 Å². The molecular weight excluding hydrogens is 345 g/mol. The van der Waals surface area contributed by atoms with Crippen LogP contribution < -0.4 is 4.90 Å². The van der Waals surface area contributed by atoms with Gasteiger partial charge >= 0.3 is 0 Å². The molecule has 3 aromatic rings. The highest BCUT2D eigenvalue weighted by molar-refractivity contribution is 5.96. The first kappa shape index (κ1) is 17.4. The zero-order chi connectivity index (χ0) is 19.1. The lowest BCUT2D eigenvalue weighted by Gasteiger charge is -2.16. The first-order valence-corrected chi connectivity index (χ1v) is 8.90. The Morgan fingerprint density at radius 3 is 2.67 bits per heavy atom. The zero-order valence-electron chi connectivity index (χ0n) is 15.5. The molecule has 0 radical (unpaired) electrons. The van der Waals surface area contributed by atoms with E-state index < -0.39 is 0 Å². The SMILES string of the molecule is Cc1ccc(-c2noc(C3CC(=O)N(c4ccc(F)c(C)c4)C3)n2)c(C)c1. The second kappa shape index (κ2) is 6.61. The number of hydrogen-bond acceptors (Lipinski definition) is 4. The van der Waals surface area contributed by atoms with E-state index in [0.717, 1.165) is 11.1 Å². The van der Waals surface area contributed by atoms with Gasteiger partial charge in [0.25, 0.3) is 0 Å². The Morgan fingerprint density at radius 2 is 1.93 bits per heavy atom. The van der Waals surface area contributed by atoms with Crippen molar-refractivity contribution < 1.29 is 13.7 Å². The van der Waals surface area contributed by atoms with Crippen molar-refractivity contribution in [2.24, 2.45) is 0 Å². The molecule has 6 heteroatoms. The molecule has 0 spiro atoms. The highest BCUT2D eigenvalue weighted by Crippen LogP contribution is 2.33. The number of carbonyl (C=O) groups is 1. The van der Waals surface area contributed by atoms with Gasteiger partial charge in [-0.05, 0) is 50.1 Å². The summed E-state index contributed by atoms with van der Waals surface area (Å²) < 4.78 is 19.0. The molecule has 1 unspecified atom stereocenters. The van der Waals surface area contributed by atoms with E-state index in [9.17, 15) is 9.18 Å². The lowest BCUT2D eigenvalue weighted by atomic mass is 10.1. The van der Waals surface area contributed by atoms with Crippen molar-refractivity contribution in [1.82, 2.24) is 10.1 Å². The monoisotopic (exact) mass is 365 g/mol. The number of benzene rings is 2. The maximum Gasteiger partial charge on any atom is 0.232 e. The molecule has 0 bridgehead atoms. The fourth-order valence-corrected chi connectivity index (χ4v) is 3.49. The molecule has 0 saturated carbocycles. The van der Waals surface area contributed by atoms with Crippen molar-refractivity contribution >= 4 is 11.6 Å². The molecule has 5 nitrogen and oxygen atoms in total. The minimum atomic E-state index is -0.281. The van der Waals surface area contributed by atoms with Gasteiger partial charge in [0, 0.05) is 24.2 Å². The average Bonchev–Trinajstić information content (AvgIpc) is 3.24. The maximum atomic E-state index is 13.5. The van der Waals surface area contributed by atoms with Crippen molar-refractivity contribution in [2.45, 2.75) is 33.1 Å². The van der Waals surface area contributed by atoms with Gasteiger partial charge in [-0.3, -0.25) is 4.79 Å². The number of rotatable bonds is 3. The summed E-state index contributed by atoms with van der Waals surface area (Å²) in [6.45, 7) is 6.17. The van der Waals surface area contributed by atoms with Gasteiger partial charge in [0.05, 0.1) is 5.92 Å². The van der Waals surface area contributed by atoms with Crippen LogP contribution in [-0.4, -0.2) is 22.6 Å². The van der Waals surface area contributed by atoms with Crippen LogP contribution in [-0.2, 0) is 4.79 Å². The molecule has 2 aromatic carbocycles. The molecule has 4 rings (SSSR count). The molecule has 0 N–H and O–H groups in total. The fourth-order valence-electron chi connectivity index (χ4n) is 3.49. The lowest BCUT2D eigenvalue weighted by molar-refractivity contribution is -0.117.